The lowest BCUT2D eigenvalue weighted by atomic mass is 9.90. The van der Waals surface area contributed by atoms with E-state index in [1.54, 1.807) is 30.3 Å². The summed E-state index contributed by atoms with van der Waals surface area (Å²) in [5.41, 5.74) is 1.50. The number of nitro groups is 1. The molecule has 2 amide bonds. The van der Waals surface area contributed by atoms with Gasteiger partial charge in [0.25, 0.3) is 11.6 Å². The van der Waals surface area contributed by atoms with Crippen molar-refractivity contribution in [3.63, 3.8) is 0 Å². The van der Waals surface area contributed by atoms with Crippen LogP contribution >= 0.6 is 0 Å². The Morgan fingerprint density at radius 1 is 0.943 bits per heavy atom. The van der Waals surface area contributed by atoms with Gasteiger partial charge in [-0.2, -0.15) is 0 Å². The maximum atomic E-state index is 13.6. The summed E-state index contributed by atoms with van der Waals surface area (Å²) < 4.78 is 4.69. The maximum Gasteiger partial charge on any atom is 0.337 e. The Kier molecular flexibility index (Phi) is 5.50. The number of hydrogen-bond acceptors (Lipinski definition) is 8. The molecule has 0 aromatic heterocycles. The number of ether oxygens (including phenoxy) is 1. The van der Waals surface area contributed by atoms with Gasteiger partial charge in [0, 0.05) is 12.1 Å². The molecule has 0 aliphatic carbocycles. The Hall–Kier alpha value is -4.57. The van der Waals surface area contributed by atoms with Gasteiger partial charge in [-0.1, -0.05) is 30.3 Å². The van der Waals surface area contributed by atoms with Crippen LogP contribution in [0.4, 0.5) is 17.1 Å². The number of imide groups is 1. The van der Waals surface area contributed by atoms with Crippen molar-refractivity contribution in [1.82, 2.24) is 0 Å². The summed E-state index contributed by atoms with van der Waals surface area (Å²) in [5, 5.41) is 12.9. The highest BCUT2D eigenvalue weighted by atomic mass is 16.7. The Labute approximate surface area is 199 Å². The number of rotatable bonds is 5. The lowest BCUT2D eigenvalue weighted by Crippen LogP contribution is -2.37. The van der Waals surface area contributed by atoms with Crippen molar-refractivity contribution in [2.45, 2.75) is 12.1 Å². The fourth-order valence-corrected chi connectivity index (χ4v) is 4.49. The van der Waals surface area contributed by atoms with Crippen LogP contribution in [0.1, 0.15) is 22.0 Å². The van der Waals surface area contributed by atoms with Gasteiger partial charge in [0.2, 0.25) is 5.91 Å². The van der Waals surface area contributed by atoms with Gasteiger partial charge in [0.1, 0.15) is 5.92 Å². The number of nitrogens with zero attached hydrogens (tertiary/aromatic N) is 3. The van der Waals surface area contributed by atoms with E-state index in [9.17, 15) is 24.5 Å². The highest BCUT2D eigenvalue weighted by Gasteiger charge is 2.60. The van der Waals surface area contributed by atoms with Crippen LogP contribution in [0, 0.1) is 16.0 Å². The summed E-state index contributed by atoms with van der Waals surface area (Å²) in [7, 11) is 1.26. The number of anilines is 2. The van der Waals surface area contributed by atoms with E-state index in [0.29, 0.717) is 11.3 Å². The molecule has 2 aliphatic rings. The van der Waals surface area contributed by atoms with E-state index < -0.39 is 40.8 Å². The van der Waals surface area contributed by atoms with Gasteiger partial charge >= 0.3 is 5.97 Å². The summed E-state index contributed by atoms with van der Waals surface area (Å²) in [4.78, 5) is 56.7. The Morgan fingerprint density at radius 2 is 1.66 bits per heavy atom. The predicted molar refractivity (Wildman–Crippen MR) is 123 cm³/mol. The molecule has 0 radical (unpaired) electrons. The second-order valence-corrected chi connectivity index (χ2v) is 8.06. The fraction of sp³-hybridized carbons (Fsp3) is 0.160. The maximum absolute atomic E-state index is 13.6. The quantitative estimate of drug-likeness (QED) is 0.239. The molecule has 10 nitrogen and oxygen atoms in total. The van der Waals surface area contributed by atoms with E-state index in [-0.39, 0.29) is 16.9 Å². The second kappa shape index (κ2) is 8.65. The van der Waals surface area contributed by atoms with E-state index >= 15 is 0 Å². The summed E-state index contributed by atoms with van der Waals surface area (Å²) in [6.07, 6.45) is -1.12. The first-order valence-corrected chi connectivity index (χ1v) is 10.7. The van der Waals surface area contributed by atoms with Gasteiger partial charge in [-0.3, -0.25) is 24.5 Å². The smallest absolute Gasteiger partial charge is 0.337 e. The first-order valence-electron chi connectivity index (χ1n) is 10.7. The van der Waals surface area contributed by atoms with Crippen LogP contribution in [-0.2, 0) is 19.2 Å². The SMILES string of the molecule is COC(=O)c1ccc(N2C(=O)[C@@H]3[C@@H](ON(c4ccccc4)[C@H]3c3cccc([N+](=O)[O-])c3)C2=O)cc1. The minimum atomic E-state index is -1.12. The average Bonchev–Trinajstić information content (AvgIpc) is 3.40. The van der Waals surface area contributed by atoms with Crippen molar-refractivity contribution in [1.29, 1.82) is 0 Å². The van der Waals surface area contributed by atoms with Crippen LogP contribution in [0.2, 0.25) is 0 Å². The minimum absolute atomic E-state index is 0.133. The average molecular weight is 473 g/mol. The van der Waals surface area contributed by atoms with Crippen molar-refractivity contribution in [3.8, 4) is 0 Å². The molecule has 35 heavy (non-hydrogen) atoms. The van der Waals surface area contributed by atoms with E-state index in [4.69, 9.17) is 4.84 Å². The molecule has 5 rings (SSSR count). The van der Waals surface area contributed by atoms with Crippen molar-refractivity contribution >= 4 is 34.8 Å². The van der Waals surface area contributed by atoms with Gasteiger partial charge in [-0.05, 0) is 42.0 Å². The molecule has 0 unspecified atom stereocenters. The third-order valence-electron chi connectivity index (χ3n) is 6.10. The zero-order valence-corrected chi connectivity index (χ0v) is 18.4. The predicted octanol–water partition coefficient (Wildman–Crippen LogP) is 3.43. The summed E-state index contributed by atoms with van der Waals surface area (Å²) >= 11 is 0. The van der Waals surface area contributed by atoms with Crippen LogP contribution in [0.15, 0.2) is 78.9 Å². The Bertz CT molecular complexity index is 1330. The van der Waals surface area contributed by atoms with Crippen LogP contribution in [-0.4, -0.2) is 35.9 Å². The van der Waals surface area contributed by atoms with E-state index in [1.165, 1.54) is 54.6 Å². The number of carbonyl (C=O) groups is 3. The Balaban J connectivity index is 1.55. The van der Waals surface area contributed by atoms with Crippen LogP contribution in [0.3, 0.4) is 0 Å². The Morgan fingerprint density at radius 3 is 2.31 bits per heavy atom. The number of methoxy groups -OCH3 is 1. The molecule has 3 aromatic carbocycles. The standard InChI is InChI=1S/C25H19N3O7/c1-34-25(31)15-10-12-17(13-11-15)26-23(29)20-21(16-6-5-9-19(14-16)28(32)33)27(35-22(20)24(26)30)18-7-3-2-4-8-18/h2-14,20-22H,1H3/t20-,21-,22+/m0/s1. The summed E-state index contributed by atoms with van der Waals surface area (Å²) in [6.45, 7) is 0. The number of hydroxylamine groups is 1. The minimum Gasteiger partial charge on any atom is -0.465 e. The lowest BCUT2D eigenvalue weighted by Gasteiger charge is -2.28. The highest BCUT2D eigenvalue weighted by molar-refractivity contribution is 6.24. The number of fused-ring (bicyclic) bond motifs is 1. The van der Waals surface area contributed by atoms with E-state index in [2.05, 4.69) is 4.74 Å². The van der Waals surface area contributed by atoms with Gasteiger partial charge < -0.3 is 4.74 Å². The van der Waals surface area contributed by atoms with Crippen LogP contribution < -0.4 is 9.96 Å². The van der Waals surface area contributed by atoms with Crippen molar-refractivity contribution < 1.29 is 28.9 Å². The second-order valence-electron chi connectivity index (χ2n) is 8.06. The molecule has 0 N–H and O–H groups in total. The van der Waals surface area contributed by atoms with Crippen LogP contribution in [0.5, 0.6) is 0 Å². The van der Waals surface area contributed by atoms with Crippen LogP contribution in [0.25, 0.3) is 0 Å². The molecule has 3 aromatic rings. The number of hydrogen-bond donors (Lipinski definition) is 0. The van der Waals surface area contributed by atoms with Crippen molar-refractivity contribution in [3.05, 3.63) is 100 Å². The molecular formula is C25H19N3O7. The first-order chi connectivity index (χ1) is 16.9. The van der Waals surface area contributed by atoms with Crippen molar-refractivity contribution in [2.75, 3.05) is 17.1 Å². The highest BCUT2D eigenvalue weighted by Crippen LogP contribution is 2.47. The monoisotopic (exact) mass is 473 g/mol. The number of benzene rings is 3. The van der Waals surface area contributed by atoms with Gasteiger partial charge in [0.15, 0.2) is 6.10 Å². The molecule has 2 fully saturated rings. The van der Waals surface area contributed by atoms with E-state index in [0.717, 1.165) is 4.90 Å². The molecule has 0 saturated carbocycles. The number of para-hydroxylation sites is 1. The molecule has 2 aliphatic heterocycles. The number of non-ortho nitro benzene ring substituents is 1. The van der Waals surface area contributed by atoms with Gasteiger partial charge in [0.05, 0.1) is 35.0 Å². The van der Waals surface area contributed by atoms with Gasteiger partial charge in [-0.15, -0.1) is 0 Å². The molecule has 3 atom stereocenters. The first kappa shape index (κ1) is 22.2. The fourth-order valence-electron chi connectivity index (χ4n) is 4.49. The zero-order chi connectivity index (χ0) is 24.7. The normalized spacial score (nSPS) is 21.2. The largest absolute Gasteiger partial charge is 0.465 e. The summed E-state index contributed by atoms with van der Waals surface area (Å²) in [5.74, 6) is -2.54. The molecule has 176 valence electrons. The third kappa shape index (κ3) is 3.69. The zero-order valence-electron chi connectivity index (χ0n) is 18.4. The summed E-state index contributed by atoms with van der Waals surface area (Å²) in [6, 6.07) is 20.0. The number of esters is 1. The molecule has 10 heteroatoms. The molecule has 2 heterocycles. The number of nitro benzene ring substituents is 1. The molecule has 0 bridgehead atoms. The van der Waals surface area contributed by atoms with Crippen molar-refractivity contribution in [2.24, 2.45) is 5.92 Å². The number of amides is 2. The van der Waals surface area contributed by atoms with Gasteiger partial charge in [-0.25, -0.2) is 14.8 Å². The molecular weight excluding hydrogens is 454 g/mol. The topological polar surface area (TPSA) is 119 Å². The lowest BCUT2D eigenvalue weighted by molar-refractivity contribution is -0.384. The molecule has 2 saturated heterocycles. The van der Waals surface area contributed by atoms with E-state index in [1.807, 2.05) is 6.07 Å². The number of carbonyl (C=O) groups excluding carboxylic acids is 3. The third-order valence-corrected chi connectivity index (χ3v) is 6.10. The molecule has 0 spiro atoms.